The summed E-state index contributed by atoms with van der Waals surface area (Å²) in [5.41, 5.74) is 1.97. The number of benzene rings is 1. The van der Waals surface area contributed by atoms with Gasteiger partial charge in [-0.3, -0.25) is 10.1 Å². The molecule has 1 aliphatic carbocycles. The first-order valence-electron chi connectivity index (χ1n) is 7.58. The molecule has 0 atom stereocenters. The first-order chi connectivity index (χ1) is 9.58. The summed E-state index contributed by atoms with van der Waals surface area (Å²) in [6, 6.07) is 5.22. The van der Waals surface area contributed by atoms with Crippen molar-refractivity contribution in [2.75, 3.05) is 11.9 Å². The highest BCUT2D eigenvalue weighted by Gasteiger charge is 2.19. The molecule has 0 amide bonds. The van der Waals surface area contributed by atoms with Gasteiger partial charge in [0.1, 0.15) is 0 Å². The Balaban J connectivity index is 1.89. The average Bonchev–Trinajstić information content (AvgIpc) is 2.45. The van der Waals surface area contributed by atoms with E-state index in [0.717, 1.165) is 23.7 Å². The molecule has 4 nitrogen and oxygen atoms in total. The topological polar surface area (TPSA) is 55.2 Å². The van der Waals surface area contributed by atoms with E-state index in [1.165, 1.54) is 32.1 Å². The Bertz CT molecular complexity index is 466. The van der Waals surface area contributed by atoms with Gasteiger partial charge in [-0.25, -0.2) is 0 Å². The summed E-state index contributed by atoms with van der Waals surface area (Å²) in [7, 11) is 0. The van der Waals surface area contributed by atoms with Crippen LogP contribution < -0.4 is 5.32 Å². The lowest BCUT2D eigenvalue weighted by Gasteiger charge is -2.28. The van der Waals surface area contributed by atoms with E-state index in [1.807, 2.05) is 13.0 Å². The van der Waals surface area contributed by atoms with Crippen molar-refractivity contribution in [2.45, 2.75) is 46.0 Å². The zero-order valence-corrected chi connectivity index (χ0v) is 12.4. The van der Waals surface area contributed by atoms with Crippen LogP contribution in [0.5, 0.6) is 0 Å². The number of nitrogens with zero attached hydrogens (tertiary/aromatic N) is 1. The molecule has 4 heteroatoms. The Kier molecular flexibility index (Phi) is 4.99. The molecule has 2 rings (SSSR count). The van der Waals surface area contributed by atoms with Crippen molar-refractivity contribution in [3.05, 3.63) is 33.9 Å². The van der Waals surface area contributed by atoms with Gasteiger partial charge in [0.2, 0.25) is 0 Å². The second-order valence-corrected chi connectivity index (χ2v) is 5.99. The van der Waals surface area contributed by atoms with Crippen molar-refractivity contribution >= 4 is 11.4 Å². The SMILES string of the molecule is CCC1CCC(CNc2cc(C)cc([N+](=O)[O-])c2)CC1. The lowest BCUT2D eigenvalue weighted by atomic mass is 9.81. The quantitative estimate of drug-likeness (QED) is 0.635. The molecule has 0 unspecified atom stereocenters. The van der Waals surface area contributed by atoms with Crippen molar-refractivity contribution in [1.82, 2.24) is 0 Å². The fraction of sp³-hybridized carbons (Fsp3) is 0.625. The minimum absolute atomic E-state index is 0.169. The van der Waals surface area contributed by atoms with Gasteiger partial charge in [-0.2, -0.15) is 0 Å². The van der Waals surface area contributed by atoms with E-state index >= 15 is 0 Å². The van der Waals surface area contributed by atoms with Crippen LogP contribution in [-0.4, -0.2) is 11.5 Å². The molecule has 0 saturated heterocycles. The van der Waals surface area contributed by atoms with Gasteiger partial charge in [0.15, 0.2) is 0 Å². The molecule has 0 aromatic heterocycles. The summed E-state index contributed by atoms with van der Waals surface area (Å²) in [5, 5.41) is 14.2. The molecule has 20 heavy (non-hydrogen) atoms. The van der Waals surface area contributed by atoms with Crippen LogP contribution >= 0.6 is 0 Å². The molecule has 1 N–H and O–H groups in total. The summed E-state index contributed by atoms with van der Waals surface area (Å²) in [6.07, 6.45) is 6.51. The molecule has 0 aliphatic heterocycles. The Labute approximate surface area is 120 Å². The monoisotopic (exact) mass is 276 g/mol. The molecule has 1 saturated carbocycles. The largest absolute Gasteiger partial charge is 0.385 e. The number of rotatable bonds is 5. The standard InChI is InChI=1S/C16H24N2O2/c1-3-13-4-6-14(7-5-13)11-17-15-8-12(2)9-16(10-15)18(19)20/h8-10,13-14,17H,3-7,11H2,1-2H3. The van der Waals surface area contributed by atoms with E-state index in [1.54, 1.807) is 12.1 Å². The first-order valence-corrected chi connectivity index (χ1v) is 7.58. The molecule has 0 heterocycles. The van der Waals surface area contributed by atoms with Gasteiger partial charge in [0.05, 0.1) is 4.92 Å². The van der Waals surface area contributed by atoms with E-state index in [-0.39, 0.29) is 10.6 Å². The summed E-state index contributed by atoms with van der Waals surface area (Å²) in [6.45, 7) is 5.09. The van der Waals surface area contributed by atoms with Crippen LogP contribution in [0.25, 0.3) is 0 Å². The maximum Gasteiger partial charge on any atom is 0.271 e. The number of non-ortho nitro benzene ring substituents is 1. The molecule has 0 spiro atoms. The number of aryl methyl sites for hydroxylation is 1. The third kappa shape index (κ3) is 3.95. The van der Waals surface area contributed by atoms with Crippen molar-refractivity contribution in [2.24, 2.45) is 11.8 Å². The fourth-order valence-corrected chi connectivity index (χ4v) is 3.08. The van der Waals surface area contributed by atoms with Crippen molar-refractivity contribution in [3.8, 4) is 0 Å². The van der Waals surface area contributed by atoms with E-state index in [9.17, 15) is 10.1 Å². The average molecular weight is 276 g/mol. The highest BCUT2D eigenvalue weighted by molar-refractivity contribution is 5.53. The van der Waals surface area contributed by atoms with E-state index in [0.29, 0.717) is 5.92 Å². The number of anilines is 1. The number of nitrogens with one attached hydrogen (secondary N) is 1. The predicted molar refractivity (Wildman–Crippen MR) is 82.1 cm³/mol. The molecule has 0 bridgehead atoms. The molecule has 1 aromatic carbocycles. The highest BCUT2D eigenvalue weighted by atomic mass is 16.6. The summed E-state index contributed by atoms with van der Waals surface area (Å²) >= 11 is 0. The van der Waals surface area contributed by atoms with Gasteiger partial charge in [-0.1, -0.05) is 26.2 Å². The van der Waals surface area contributed by atoms with Crippen molar-refractivity contribution < 1.29 is 4.92 Å². The van der Waals surface area contributed by atoms with Gasteiger partial charge in [-0.05, 0) is 43.2 Å². The van der Waals surface area contributed by atoms with Gasteiger partial charge in [-0.15, -0.1) is 0 Å². The number of hydrogen-bond acceptors (Lipinski definition) is 3. The third-order valence-corrected chi connectivity index (χ3v) is 4.41. The number of nitro groups is 1. The summed E-state index contributed by atoms with van der Waals surface area (Å²) in [5.74, 6) is 1.61. The van der Waals surface area contributed by atoms with Gasteiger partial charge >= 0.3 is 0 Å². The molecular weight excluding hydrogens is 252 g/mol. The van der Waals surface area contributed by atoms with Crippen molar-refractivity contribution in [3.63, 3.8) is 0 Å². The molecule has 1 fully saturated rings. The molecule has 0 radical (unpaired) electrons. The summed E-state index contributed by atoms with van der Waals surface area (Å²) < 4.78 is 0. The maximum absolute atomic E-state index is 10.9. The zero-order chi connectivity index (χ0) is 14.5. The normalized spacial score (nSPS) is 22.5. The van der Waals surface area contributed by atoms with Gasteiger partial charge in [0, 0.05) is 24.4 Å². The Morgan fingerprint density at radius 1 is 1.20 bits per heavy atom. The third-order valence-electron chi connectivity index (χ3n) is 4.41. The van der Waals surface area contributed by atoms with Gasteiger partial charge < -0.3 is 5.32 Å². The Hall–Kier alpha value is -1.58. The van der Waals surface area contributed by atoms with Crippen LogP contribution in [0.3, 0.4) is 0 Å². The van der Waals surface area contributed by atoms with Crippen LogP contribution in [0.4, 0.5) is 11.4 Å². The first kappa shape index (κ1) is 14.8. The molecular formula is C16H24N2O2. The Morgan fingerprint density at radius 3 is 2.45 bits per heavy atom. The highest BCUT2D eigenvalue weighted by Crippen LogP contribution is 2.31. The molecule has 110 valence electrons. The Morgan fingerprint density at radius 2 is 1.85 bits per heavy atom. The minimum atomic E-state index is -0.329. The van der Waals surface area contributed by atoms with Crippen molar-refractivity contribution in [1.29, 1.82) is 0 Å². The predicted octanol–water partition coefficient (Wildman–Crippen LogP) is 4.53. The molecule has 1 aromatic rings. The van der Waals surface area contributed by atoms with Crippen LogP contribution in [-0.2, 0) is 0 Å². The maximum atomic E-state index is 10.9. The smallest absolute Gasteiger partial charge is 0.271 e. The lowest BCUT2D eigenvalue weighted by molar-refractivity contribution is -0.384. The van der Waals surface area contributed by atoms with Crippen LogP contribution in [0.15, 0.2) is 18.2 Å². The fourth-order valence-electron chi connectivity index (χ4n) is 3.08. The van der Waals surface area contributed by atoms with Crippen LogP contribution in [0, 0.1) is 28.9 Å². The zero-order valence-electron chi connectivity index (χ0n) is 12.4. The lowest BCUT2D eigenvalue weighted by Crippen LogP contribution is -2.21. The summed E-state index contributed by atoms with van der Waals surface area (Å²) in [4.78, 5) is 10.5. The number of hydrogen-bond donors (Lipinski definition) is 1. The second-order valence-electron chi connectivity index (χ2n) is 5.99. The van der Waals surface area contributed by atoms with Crippen LogP contribution in [0.1, 0.15) is 44.6 Å². The van der Waals surface area contributed by atoms with Crippen LogP contribution in [0.2, 0.25) is 0 Å². The number of nitro benzene ring substituents is 1. The molecule has 1 aliphatic rings. The van der Waals surface area contributed by atoms with Gasteiger partial charge in [0.25, 0.3) is 5.69 Å². The second kappa shape index (κ2) is 6.73. The van der Waals surface area contributed by atoms with E-state index in [4.69, 9.17) is 0 Å². The van der Waals surface area contributed by atoms with E-state index in [2.05, 4.69) is 12.2 Å². The minimum Gasteiger partial charge on any atom is -0.385 e. The van der Waals surface area contributed by atoms with E-state index < -0.39 is 0 Å².